The van der Waals surface area contributed by atoms with E-state index in [1.807, 2.05) is 72.8 Å². The van der Waals surface area contributed by atoms with Crippen LogP contribution in [0.1, 0.15) is 33.6 Å². The highest BCUT2D eigenvalue weighted by atomic mass is 16.5. The minimum Gasteiger partial charge on any atom is -0.487 e. The lowest BCUT2D eigenvalue weighted by molar-refractivity contribution is 0.301. The Labute approximate surface area is 182 Å². The highest BCUT2D eigenvalue weighted by Gasteiger charge is 2.02. The molecule has 0 aliphatic heterocycles. The number of pyridine rings is 1. The van der Waals surface area contributed by atoms with E-state index in [-0.39, 0.29) is 6.15 Å². The van der Waals surface area contributed by atoms with E-state index in [1.165, 1.54) is 0 Å². The number of rotatable bonds is 8. The molecule has 3 rings (SSSR count). The lowest BCUT2D eigenvalue weighted by atomic mass is 10.1. The average molecular weight is 414 g/mol. The van der Waals surface area contributed by atoms with Gasteiger partial charge in [-0.2, -0.15) is 5.10 Å². The molecule has 0 fully saturated rings. The van der Waals surface area contributed by atoms with Crippen LogP contribution in [0.4, 0.5) is 0 Å². The summed E-state index contributed by atoms with van der Waals surface area (Å²) < 4.78 is 5.85. The zero-order chi connectivity index (χ0) is 21.3. The van der Waals surface area contributed by atoms with Gasteiger partial charge in [0.15, 0.2) is 0 Å². The first-order valence-electron chi connectivity index (χ1n) is 9.42. The fraction of sp³-hybridized carbons (Fsp3) is 0.0400. The van der Waals surface area contributed by atoms with Crippen molar-refractivity contribution in [1.29, 1.82) is 0 Å². The third kappa shape index (κ3) is 6.16. The topological polar surface area (TPSA) is 122 Å². The van der Waals surface area contributed by atoms with Gasteiger partial charge < -0.3 is 22.5 Å². The molecular formula is C25H27N5O. The first-order chi connectivity index (χ1) is 14.6. The molecule has 158 valence electrons. The first-order valence-corrected chi connectivity index (χ1v) is 9.42. The van der Waals surface area contributed by atoms with E-state index in [2.05, 4.69) is 23.2 Å². The van der Waals surface area contributed by atoms with Crippen LogP contribution in [0.25, 0.3) is 24.3 Å². The fourth-order valence-electron chi connectivity index (χ4n) is 2.85. The summed E-state index contributed by atoms with van der Waals surface area (Å²) in [5.41, 5.74) is 11.2. The molecule has 0 radical (unpaired) electrons. The number of hydrazone groups is 1. The smallest absolute Gasteiger partial charge is 0.150 e. The Morgan fingerprint density at radius 1 is 0.968 bits per heavy atom. The van der Waals surface area contributed by atoms with Crippen molar-refractivity contribution in [3.63, 3.8) is 0 Å². The average Bonchev–Trinajstić information content (AvgIpc) is 2.81. The molecule has 3 aromatic rings. The molecule has 0 unspecified atom stereocenters. The first kappa shape index (κ1) is 23.1. The van der Waals surface area contributed by atoms with E-state index in [4.69, 9.17) is 16.3 Å². The lowest BCUT2D eigenvalue weighted by Gasteiger charge is -2.08. The molecule has 0 atom stereocenters. The van der Waals surface area contributed by atoms with Crippen LogP contribution in [0, 0.1) is 0 Å². The Morgan fingerprint density at radius 2 is 1.71 bits per heavy atom. The molecule has 1 heterocycles. The van der Waals surface area contributed by atoms with Crippen molar-refractivity contribution in [2.24, 2.45) is 16.7 Å². The number of nitrogens with two attached hydrogens (primary N) is 2. The molecule has 2 aromatic carbocycles. The predicted octanol–water partition coefficient (Wildman–Crippen LogP) is 4.86. The number of amidine groups is 1. The molecule has 1 aromatic heterocycles. The minimum atomic E-state index is 0. The van der Waals surface area contributed by atoms with Crippen LogP contribution in [0.2, 0.25) is 0 Å². The van der Waals surface area contributed by atoms with E-state index in [9.17, 15) is 0 Å². The van der Waals surface area contributed by atoms with Crippen LogP contribution in [0.15, 0.2) is 78.9 Å². The van der Waals surface area contributed by atoms with Gasteiger partial charge in [0.05, 0.1) is 11.4 Å². The maximum absolute atomic E-state index is 5.85. The van der Waals surface area contributed by atoms with Crippen LogP contribution in [0.3, 0.4) is 0 Å². The van der Waals surface area contributed by atoms with Gasteiger partial charge >= 0.3 is 0 Å². The predicted molar refractivity (Wildman–Crippen MR) is 130 cm³/mol. The van der Waals surface area contributed by atoms with Crippen molar-refractivity contribution in [3.05, 3.63) is 107 Å². The molecule has 31 heavy (non-hydrogen) atoms. The van der Waals surface area contributed by atoms with Crippen molar-refractivity contribution in [2.45, 2.75) is 6.61 Å². The minimum absolute atomic E-state index is 0. The summed E-state index contributed by atoms with van der Waals surface area (Å²) >= 11 is 0. The van der Waals surface area contributed by atoms with Gasteiger partial charge in [-0.25, -0.2) is 4.98 Å². The molecule has 6 heteroatoms. The van der Waals surface area contributed by atoms with Crippen LogP contribution in [-0.2, 0) is 6.61 Å². The fourth-order valence-corrected chi connectivity index (χ4v) is 2.85. The van der Waals surface area contributed by atoms with E-state index in [0.717, 1.165) is 39.4 Å². The van der Waals surface area contributed by atoms with Crippen molar-refractivity contribution in [3.8, 4) is 5.75 Å². The highest BCUT2D eigenvalue weighted by Crippen LogP contribution is 2.17. The number of nitrogens with zero attached hydrogens (tertiary/aromatic N) is 2. The molecule has 0 aliphatic carbocycles. The van der Waals surface area contributed by atoms with Gasteiger partial charge in [-0.1, -0.05) is 67.8 Å². The third-order valence-electron chi connectivity index (χ3n) is 4.48. The lowest BCUT2D eigenvalue weighted by Crippen LogP contribution is -2.15. The van der Waals surface area contributed by atoms with Gasteiger partial charge in [0.2, 0.25) is 0 Å². The van der Waals surface area contributed by atoms with E-state index in [0.29, 0.717) is 12.4 Å². The van der Waals surface area contributed by atoms with Crippen molar-refractivity contribution in [2.75, 3.05) is 0 Å². The molecular weight excluding hydrogens is 386 g/mol. The van der Waals surface area contributed by atoms with E-state index >= 15 is 0 Å². The molecule has 0 spiro atoms. The highest BCUT2D eigenvalue weighted by molar-refractivity contribution is 5.97. The summed E-state index contributed by atoms with van der Waals surface area (Å²) in [5, 5.41) is 3.53. The zero-order valence-corrected chi connectivity index (χ0v) is 17.4. The van der Waals surface area contributed by atoms with Gasteiger partial charge in [0, 0.05) is 5.56 Å². The number of hydrogen-bond donors (Lipinski definition) is 3. The van der Waals surface area contributed by atoms with Crippen LogP contribution < -0.4 is 22.5 Å². The Bertz CT molecular complexity index is 1100. The van der Waals surface area contributed by atoms with Crippen LogP contribution >= 0.6 is 0 Å². The summed E-state index contributed by atoms with van der Waals surface area (Å²) in [6.07, 6.45) is 7.50. The second kappa shape index (κ2) is 11.1. The molecule has 0 saturated heterocycles. The molecule has 0 amide bonds. The molecule has 0 bridgehead atoms. The molecule has 0 saturated carbocycles. The Hall–Kier alpha value is -4.16. The second-order valence-corrected chi connectivity index (χ2v) is 6.52. The standard InChI is InChI=1S/C25H24N4O.H3N/c1-3-20-12-13-22(28-24(20)4-2)17-30-23-14-10-18(11-15-23)8-9-19-6-5-7-21(16-19)25(26)29-27;/h3-16H,1-2,17,27H2,(H2,26,29);1H3/b9-8+;. The second-order valence-electron chi connectivity index (χ2n) is 6.52. The normalized spacial score (nSPS) is 11.0. The summed E-state index contributed by atoms with van der Waals surface area (Å²) in [5.74, 6) is 6.32. The monoisotopic (exact) mass is 413 g/mol. The maximum atomic E-state index is 5.85. The largest absolute Gasteiger partial charge is 0.487 e. The van der Waals surface area contributed by atoms with E-state index < -0.39 is 0 Å². The van der Waals surface area contributed by atoms with E-state index in [1.54, 1.807) is 12.2 Å². The zero-order valence-electron chi connectivity index (χ0n) is 17.4. The van der Waals surface area contributed by atoms with Gasteiger partial charge in [0.1, 0.15) is 18.2 Å². The van der Waals surface area contributed by atoms with Crippen LogP contribution in [0.5, 0.6) is 5.75 Å². The molecule has 7 N–H and O–H groups in total. The van der Waals surface area contributed by atoms with Gasteiger partial charge in [-0.05, 0) is 47.0 Å². The molecule has 6 nitrogen and oxygen atoms in total. The Kier molecular flexibility index (Phi) is 8.31. The summed E-state index contributed by atoms with van der Waals surface area (Å²) in [7, 11) is 0. The van der Waals surface area contributed by atoms with Crippen molar-refractivity contribution in [1.82, 2.24) is 11.1 Å². The summed E-state index contributed by atoms with van der Waals surface area (Å²) in [6.45, 7) is 7.95. The van der Waals surface area contributed by atoms with Gasteiger partial charge in [0.25, 0.3) is 0 Å². The SMILES string of the molecule is C=Cc1ccc(COc2ccc(/C=C/c3cccc(/C(N)=N/N)c3)cc2)nc1C=C.N. The quantitative estimate of drug-likeness (QED) is 0.160. The third-order valence-corrected chi connectivity index (χ3v) is 4.48. The number of aromatic nitrogens is 1. The van der Waals surface area contributed by atoms with Gasteiger partial charge in [-0.15, -0.1) is 0 Å². The van der Waals surface area contributed by atoms with Crippen molar-refractivity contribution >= 4 is 30.1 Å². The summed E-state index contributed by atoms with van der Waals surface area (Å²) in [6, 6.07) is 19.4. The Morgan fingerprint density at radius 3 is 2.39 bits per heavy atom. The number of ether oxygens (including phenoxy) is 1. The van der Waals surface area contributed by atoms with Crippen LogP contribution in [-0.4, -0.2) is 10.8 Å². The maximum Gasteiger partial charge on any atom is 0.150 e. The molecule has 0 aliphatic rings. The van der Waals surface area contributed by atoms with Crippen molar-refractivity contribution < 1.29 is 4.74 Å². The van der Waals surface area contributed by atoms with Gasteiger partial charge in [-0.3, -0.25) is 0 Å². The Balaban J connectivity index is 0.00000341. The number of benzene rings is 2. The summed E-state index contributed by atoms with van der Waals surface area (Å²) in [4.78, 5) is 4.53. The number of hydrogen-bond acceptors (Lipinski definition) is 5.